The maximum Gasteiger partial charge on any atom is 0.410 e. The largest absolute Gasteiger partial charge is 0.468 e. The topological polar surface area (TPSA) is 62.3 Å². The van der Waals surface area contributed by atoms with Gasteiger partial charge < -0.3 is 14.4 Å². The quantitative estimate of drug-likeness (QED) is 0.703. The Hall–Kier alpha value is -1.34. The van der Waals surface area contributed by atoms with Crippen LogP contribution >= 0.6 is 0 Å². The lowest BCUT2D eigenvalue weighted by Gasteiger charge is -2.47. The summed E-state index contributed by atoms with van der Waals surface area (Å²) < 4.78 is 10.0. The van der Waals surface area contributed by atoms with Crippen LogP contribution in [0.25, 0.3) is 0 Å². The molecule has 0 aromatic rings. The van der Waals surface area contributed by atoms with Crippen molar-refractivity contribution in [3.8, 4) is 0 Å². The van der Waals surface area contributed by atoms with Gasteiger partial charge in [0.2, 0.25) is 0 Å². The summed E-state index contributed by atoms with van der Waals surface area (Å²) in [6, 6.07) is 0.410. The molecular weight excluding hydrogens is 286 g/mol. The average molecular weight is 313 g/mol. The van der Waals surface area contributed by atoms with Gasteiger partial charge in [-0.2, -0.15) is 0 Å². The van der Waals surface area contributed by atoms with Gasteiger partial charge >= 0.3 is 12.1 Å². The number of nitrogens with zero attached hydrogens (tertiary/aromatic N) is 3. The maximum absolute atomic E-state index is 11.9. The lowest BCUT2D eigenvalue weighted by atomic mass is 10.1. The van der Waals surface area contributed by atoms with Crippen LogP contribution in [0.5, 0.6) is 0 Å². The molecule has 2 rings (SSSR count). The molecule has 0 radical (unpaired) electrons. The first-order chi connectivity index (χ1) is 10.3. The van der Waals surface area contributed by atoms with Gasteiger partial charge in [0, 0.05) is 45.3 Å². The fraction of sp³-hybridized carbons (Fsp3) is 0.867. The molecule has 7 heteroatoms. The van der Waals surface area contributed by atoms with Crippen molar-refractivity contribution in [1.29, 1.82) is 0 Å². The number of carbonyl (C=O) groups is 2. The minimum atomic E-state index is -0.443. The Morgan fingerprint density at radius 2 is 1.68 bits per heavy atom. The third kappa shape index (κ3) is 4.58. The van der Waals surface area contributed by atoms with E-state index in [1.165, 1.54) is 7.11 Å². The van der Waals surface area contributed by atoms with Crippen LogP contribution in [0.4, 0.5) is 4.79 Å². The van der Waals surface area contributed by atoms with Gasteiger partial charge in [0.25, 0.3) is 0 Å². The van der Waals surface area contributed by atoms with Crippen molar-refractivity contribution in [3.63, 3.8) is 0 Å². The van der Waals surface area contributed by atoms with Crippen molar-refractivity contribution in [2.45, 2.75) is 32.4 Å². The van der Waals surface area contributed by atoms with Gasteiger partial charge in [-0.25, -0.2) is 4.79 Å². The first-order valence-corrected chi connectivity index (χ1v) is 7.79. The van der Waals surface area contributed by atoms with E-state index >= 15 is 0 Å². The summed E-state index contributed by atoms with van der Waals surface area (Å²) in [4.78, 5) is 29.4. The van der Waals surface area contributed by atoms with Gasteiger partial charge in [-0.3, -0.25) is 14.6 Å². The fourth-order valence-electron chi connectivity index (χ4n) is 2.70. The van der Waals surface area contributed by atoms with Crippen LogP contribution in [0.1, 0.15) is 20.8 Å². The molecule has 0 bridgehead atoms. The number of amides is 1. The second-order valence-electron chi connectivity index (χ2n) is 6.93. The third-order valence-electron chi connectivity index (χ3n) is 4.02. The zero-order valence-corrected chi connectivity index (χ0v) is 14.0. The van der Waals surface area contributed by atoms with E-state index in [2.05, 4.69) is 14.5 Å². The highest BCUT2D eigenvalue weighted by molar-refractivity contribution is 5.71. The number of ether oxygens (including phenoxy) is 2. The maximum atomic E-state index is 11.9. The van der Waals surface area contributed by atoms with Gasteiger partial charge in [-0.05, 0) is 20.8 Å². The van der Waals surface area contributed by atoms with Gasteiger partial charge in [0.05, 0.1) is 13.7 Å². The van der Waals surface area contributed by atoms with Crippen molar-refractivity contribution in [2.24, 2.45) is 0 Å². The average Bonchev–Trinajstić information content (AvgIpc) is 2.36. The van der Waals surface area contributed by atoms with Crippen molar-refractivity contribution in [2.75, 3.05) is 52.9 Å². The number of rotatable bonds is 3. The molecule has 2 heterocycles. The Kier molecular flexibility index (Phi) is 5.28. The Morgan fingerprint density at radius 1 is 1.09 bits per heavy atom. The summed E-state index contributed by atoms with van der Waals surface area (Å²) in [6.45, 7) is 11.0. The molecule has 126 valence electrons. The summed E-state index contributed by atoms with van der Waals surface area (Å²) in [5.74, 6) is -0.187. The summed E-state index contributed by atoms with van der Waals surface area (Å²) in [7, 11) is 1.41. The van der Waals surface area contributed by atoms with Crippen LogP contribution in [-0.4, -0.2) is 91.3 Å². The normalized spacial score (nSPS) is 21.4. The second-order valence-corrected chi connectivity index (χ2v) is 6.93. The van der Waals surface area contributed by atoms with E-state index in [0.717, 1.165) is 39.3 Å². The summed E-state index contributed by atoms with van der Waals surface area (Å²) >= 11 is 0. The molecule has 0 spiro atoms. The Labute approximate surface area is 132 Å². The van der Waals surface area contributed by atoms with Gasteiger partial charge in [-0.1, -0.05) is 0 Å². The number of carbonyl (C=O) groups excluding carboxylic acids is 2. The highest BCUT2D eigenvalue weighted by Gasteiger charge is 2.38. The molecule has 0 aliphatic carbocycles. The van der Waals surface area contributed by atoms with Crippen LogP contribution in [0.3, 0.4) is 0 Å². The highest BCUT2D eigenvalue weighted by atomic mass is 16.6. The molecular formula is C15H27N3O4. The zero-order chi connectivity index (χ0) is 16.3. The van der Waals surface area contributed by atoms with Crippen molar-refractivity contribution in [3.05, 3.63) is 0 Å². The molecule has 0 aromatic carbocycles. The van der Waals surface area contributed by atoms with Crippen molar-refractivity contribution < 1.29 is 19.1 Å². The lowest BCUT2D eigenvalue weighted by Crippen LogP contribution is -2.64. The first-order valence-electron chi connectivity index (χ1n) is 7.79. The van der Waals surface area contributed by atoms with Crippen LogP contribution in [-0.2, 0) is 14.3 Å². The first kappa shape index (κ1) is 17.0. The molecule has 2 fully saturated rings. The summed E-state index contributed by atoms with van der Waals surface area (Å²) in [6.07, 6.45) is -0.229. The van der Waals surface area contributed by atoms with E-state index in [0.29, 0.717) is 12.6 Å². The van der Waals surface area contributed by atoms with Crippen LogP contribution < -0.4 is 0 Å². The molecule has 0 aromatic heterocycles. The van der Waals surface area contributed by atoms with E-state index in [4.69, 9.17) is 4.74 Å². The van der Waals surface area contributed by atoms with Gasteiger partial charge in [-0.15, -0.1) is 0 Å². The number of methoxy groups -OCH3 is 1. The zero-order valence-electron chi connectivity index (χ0n) is 14.0. The minimum absolute atomic E-state index is 0.187. The second kappa shape index (κ2) is 6.83. The number of hydrogen-bond acceptors (Lipinski definition) is 6. The standard InChI is InChI=1S/C15H27N3O4/c1-15(2,3)22-14(20)18-9-12(10-18)17-7-5-16(6-8-17)11-13(19)21-4/h12H,5-11H2,1-4H3. The molecule has 0 N–H and O–H groups in total. The van der Waals surface area contributed by atoms with Crippen molar-refractivity contribution in [1.82, 2.24) is 14.7 Å². The Bertz CT molecular complexity index is 408. The Morgan fingerprint density at radius 3 is 2.18 bits per heavy atom. The van der Waals surface area contributed by atoms with Crippen LogP contribution in [0.15, 0.2) is 0 Å². The fourth-order valence-corrected chi connectivity index (χ4v) is 2.70. The van der Waals surface area contributed by atoms with E-state index in [1.54, 1.807) is 4.90 Å². The van der Waals surface area contributed by atoms with Crippen LogP contribution in [0.2, 0.25) is 0 Å². The van der Waals surface area contributed by atoms with Gasteiger partial charge in [0.15, 0.2) is 0 Å². The number of esters is 1. The predicted molar refractivity (Wildman–Crippen MR) is 81.6 cm³/mol. The molecule has 0 unspecified atom stereocenters. The molecule has 7 nitrogen and oxygen atoms in total. The smallest absolute Gasteiger partial charge is 0.410 e. The SMILES string of the molecule is COC(=O)CN1CCN(C2CN(C(=O)OC(C)(C)C)C2)CC1. The molecule has 0 atom stereocenters. The van der Waals surface area contributed by atoms with E-state index in [-0.39, 0.29) is 12.1 Å². The van der Waals surface area contributed by atoms with Crippen molar-refractivity contribution >= 4 is 12.1 Å². The van der Waals surface area contributed by atoms with E-state index < -0.39 is 5.60 Å². The lowest BCUT2D eigenvalue weighted by molar-refractivity contribution is -0.142. The minimum Gasteiger partial charge on any atom is -0.468 e. The Balaban J connectivity index is 1.68. The molecule has 2 aliphatic rings. The molecule has 2 saturated heterocycles. The summed E-state index contributed by atoms with van der Waals surface area (Å²) in [5, 5.41) is 0. The predicted octanol–water partition coefficient (Wildman–Crippen LogP) is 0.396. The summed E-state index contributed by atoms with van der Waals surface area (Å²) in [5.41, 5.74) is -0.443. The number of hydrogen-bond donors (Lipinski definition) is 0. The monoisotopic (exact) mass is 313 g/mol. The number of likely N-dealkylation sites (tertiary alicyclic amines) is 1. The third-order valence-corrected chi connectivity index (χ3v) is 4.02. The van der Waals surface area contributed by atoms with Crippen LogP contribution in [0, 0.1) is 0 Å². The highest BCUT2D eigenvalue weighted by Crippen LogP contribution is 2.20. The number of piperazine rings is 1. The van der Waals surface area contributed by atoms with E-state index in [1.807, 2.05) is 20.8 Å². The van der Waals surface area contributed by atoms with E-state index in [9.17, 15) is 9.59 Å². The van der Waals surface area contributed by atoms with Gasteiger partial charge in [0.1, 0.15) is 5.60 Å². The molecule has 0 saturated carbocycles. The molecule has 22 heavy (non-hydrogen) atoms. The molecule has 1 amide bonds. The molecule has 2 aliphatic heterocycles.